The van der Waals surface area contributed by atoms with Gasteiger partial charge in [0.15, 0.2) is 0 Å². The van der Waals surface area contributed by atoms with Gasteiger partial charge in [-0.2, -0.15) is 5.10 Å². The third kappa shape index (κ3) is 1.17. The van der Waals surface area contributed by atoms with E-state index in [-0.39, 0.29) is 0 Å². The van der Waals surface area contributed by atoms with E-state index in [2.05, 4.69) is 9.84 Å². The molecule has 2 heterocycles. The molecule has 0 atom stereocenters. The van der Waals surface area contributed by atoms with Crippen LogP contribution in [-0.2, 0) is 4.74 Å². The molecule has 0 unspecified atom stereocenters. The number of hydrogen-bond acceptors (Lipinski definition) is 3. The third-order valence-corrected chi connectivity index (χ3v) is 1.11. The fourth-order valence-electron chi connectivity index (χ4n) is 0.596. The van der Waals surface area contributed by atoms with Crippen LogP contribution in [0.2, 0.25) is 0 Å². The quantitative estimate of drug-likeness (QED) is 0.621. The van der Waals surface area contributed by atoms with Crippen molar-refractivity contribution in [3.8, 4) is 0 Å². The molecule has 0 amide bonds. The maximum Gasteiger partial charge on any atom is 0.264 e. The Labute approximate surface area is 73.0 Å². The summed E-state index contributed by atoms with van der Waals surface area (Å²) >= 11 is 0. The highest BCUT2D eigenvalue weighted by atomic mass is 16.5. The first-order valence-electron chi connectivity index (χ1n) is 6.31. The van der Waals surface area contributed by atoms with Crippen LogP contribution in [0.1, 0.15) is 21.2 Å². The lowest BCUT2D eigenvalue weighted by molar-refractivity contribution is 0.00633. The molecule has 0 aromatic carbocycles. The Morgan fingerprint density at radius 3 is 3.45 bits per heavy atom. The monoisotopic (exact) mass is 159 g/mol. The Balaban J connectivity index is 2.69. The number of nitrogens with one attached hydrogen (secondary N) is 1. The van der Waals surface area contributed by atoms with E-state index >= 15 is 0 Å². The van der Waals surface area contributed by atoms with Crippen molar-refractivity contribution >= 4 is 0 Å². The zero-order valence-electron chi connectivity index (χ0n) is 12.3. The van der Waals surface area contributed by atoms with Gasteiger partial charge in [0, 0.05) is 13.3 Å². The SMILES string of the molecule is [2H]c1c(C2([2H])C([2H])([2H])OC2([2H])[2H])n[nH]c(=O)c1[2H]. The summed E-state index contributed by atoms with van der Waals surface area (Å²) in [6.45, 7) is -5.41. The average Bonchev–Trinajstić information content (AvgIpc) is 2.23. The summed E-state index contributed by atoms with van der Waals surface area (Å²) in [4.78, 5) is 11.0. The molecule has 0 bridgehead atoms. The van der Waals surface area contributed by atoms with Gasteiger partial charge in [0.1, 0.15) is 0 Å². The number of aromatic amines is 1. The maximum absolute atomic E-state index is 11.0. The van der Waals surface area contributed by atoms with Crippen molar-refractivity contribution in [1.82, 2.24) is 10.2 Å². The largest absolute Gasteiger partial charge is 0.380 e. The summed E-state index contributed by atoms with van der Waals surface area (Å²) < 4.78 is 56.5. The number of nitrogens with zero attached hydrogens (tertiary/aromatic N) is 1. The molecule has 11 heavy (non-hydrogen) atoms. The van der Waals surface area contributed by atoms with Crippen molar-refractivity contribution in [2.75, 3.05) is 13.1 Å². The summed E-state index contributed by atoms with van der Waals surface area (Å²) in [6.07, 6.45) is 0. The molecule has 1 fully saturated rings. The van der Waals surface area contributed by atoms with Crippen molar-refractivity contribution < 1.29 is 14.3 Å². The van der Waals surface area contributed by atoms with Gasteiger partial charge in [-0.05, 0) is 6.04 Å². The minimum absolute atomic E-state index is 0.673. The van der Waals surface area contributed by atoms with Gasteiger partial charge in [-0.15, -0.1) is 0 Å². The van der Waals surface area contributed by atoms with Gasteiger partial charge >= 0.3 is 0 Å². The normalized spacial score (nSPS) is 39.1. The van der Waals surface area contributed by atoms with Gasteiger partial charge in [-0.3, -0.25) is 4.79 Å². The number of H-pyrrole nitrogens is 1. The molecular weight excluding hydrogens is 144 g/mol. The number of hydrogen-bond donors (Lipinski definition) is 1. The van der Waals surface area contributed by atoms with E-state index in [1.165, 1.54) is 0 Å². The molecule has 4 nitrogen and oxygen atoms in total. The molecular formula is C7H8N2O2. The second kappa shape index (κ2) is 2.47. The van der Waals surface area contributed by atoms with Gasteiger partial charge in [0.25, 0.3) is 5.56 Å². The predicted molar refractivity (Wildman–Crippen MR) is 38.4 cm³/mol. The van der Waals surface area contributed by atoms with Crippen LogP contribution in [0.5, 0.6) is 0 Å². The van der Waals surface area contributed by atoms with Gasteiger partial charge in [-0.1, -0.05) is 0 Å². The maximum atomic E-state index is 11.0. The summed E-state index contributed by atoms with van der Waals surface area (Å²) in [5.74, 6) is -2.61. The van der Waals surface area contributed by atoms with Crippen LogP contribution in [-0.4, -0.2) is 23.3 Å². The van der Waals surface area contributed by atoms with Crippen molar-refractivity contribution in [2.45, 2.75) is 5.89 Å². The molecule has 1 aromatic rings. The number of ether oxygens (including phenoxy) is 1. The van der Waals surface area contributed by atoms with E-state index < -0.39 is 42.3 Å². The van der Waals surface area contributed by atoms with Crippen LogP contribution in [0.3, 0.4) is 0 Å². The van der Waals surface area contributed by atoms with Gasteiger partial charge in [0.2, 0.25) is 0 Å². The minimum atomic E-state index is -2.70. The Morgan fingerprint density at radius 2 is 2.73 bits per heavy atom. The van der Waals surface area contributed by atoms with Crippen LogP contribution >= 0.6 is 0 Å². The Hall–Kier alpha value is -1.16. The van der Waals surface area contributed by atoms with E-state index in [4.69, 9.17) is 9.60 Å². The number of aromatic nitrogens is 2. The van der Waals surface area contributed by atoms with Crippen LogP contribution in [0.25, 0.3) is 0 Å². The summed E-state index contributed by atoms with van der Waals surface area (Å²) in [5.41, 5.74) is -1.64. The van der Waals surface area contributed by atoms with E-state index in [0.29, 0.717) is 0 Å². The molecule has 0 saturated carbocycles. The van der Waals surface area contributed by atoms with Gasteiger partial charge in [-0.25, -0.2) is 5.10 Å². The number of rotatable bonds is 1. The van der Waals surface area contributed by atoms with Crippen LogP contribution in [0.4, 0.5) is 0 Å². The highest BCUT2D eigenvalue weighted by molar-refractivity contribution is 5.08. The summed E-state index contributed by atoms with van der Waals surface area (Å²) in [6, 6.07) is -1.59. The van der Waals surface area contributed by atoms with Crippen LogP contribution in [0.15, 0.2) is 16.9 Å². The smallest absolute Gasteiger partial charge is 0.264 e. The predicted octanol–water partition coefficient (Wildman–Crippen LogP) is -0.116. The Bertz CT molecular complexity index is 555. The molecule has 0 radical (unpaired) electrons. The average molecular weight is 159 g/mol. The Kier molecular flexibility index (Phi) is 0.542. The minimum Gasteiger partial charge on any atom is -0.380 e. The van der Waals surface area contributed by atoms with E-state index in [9.17, 15) is 4.79 Å². The second-order valence-electron chi connectivity index (χ2n) is 1.83. The zero-order chi connectivity index (χ0) is 13.9. The molecule has 0 spiro atoms. The Morgan fingerprint density at radius 1 is 1.91 bits per heavy atom. The first-order chi connectivity index (χ1) is 8.04. The van der Waals surface area contributed by atoms with Crippen molar-refractivity contribution in [1.29, 1.82) is 0 Å². The molecule has 1 aliphatic heterocycles. The molecule has 1 N–H and O–H groups in total. The zero-order valence-corrected chi connectivity index (χ0v) is 5.26. The van der Waals surface area contributed by atoms with E-state index in [0.717, 1.165) is 0 Å². The second-order valence-corrected chi connectivity index (χ2v) is 1.83. The summed E-state index contributed by atoms with van der Waals surface area (Å²) in [7, 11) is 0. The topological polar surface area (TPSA) is 55.0 Å². The summed E-state index contributed by atoms with van der Waals surface area (Å²) in [5, 5.41) is 5.17. The standard InChI is InChI=1S/C7H8N2O2/c10-7-2-1-6(8-9-7)5-3-11-4-5/h1-2,5H,3-4H2,(H,9,10)/i1D,2D,3D2,4D2,5D. The highest BCUT2D eigenvalue weighted by Gasteiger charge is 2.21. The van der Waals surface area contributed by atoms with E-state index in [1.54, 1.807) is 0 Å². The lowest BCUT2D eigenvalue weighted by Crippen LogP contribution is -2.27. The van der Waals surface area contributed by atoms with Crippen molar-refractivity contribution in [2.24, 2.45) is 0 Å². The molecule has 1 saturated heterocycles. The lowest BCUT2D eigenvalue weighted by atomic mass is 10.0. The molecule has 1 aliphatic rings. The first-order valence-corrected chi connectivity index (χ1v) is 2.81. The highest BCUT2D eigenvalue weighted by Crippen LogP contribution is 2.20. The van der Waals surface area contributed by atoms with Gasteiger partial charge < -0.3 is 4.74 Å². The van der Waals surface area contributed by atoms with Crippen molar-refractivity contribution in [3.05, 3.63) is 28.1 Å². The van der Waals surface area contributed by atoms with E-state index in [1.807, 2.05) is 5.10 Å². The van der Waals surface area contributed by atoms with Crippen LogP contribution < -0.4 is 5.56 Å². The fraction of sp³-hybridized carbons (Fsp3) is 0.429. The fourth-order valence-corrected chi connectivity index (χ4v) is 0.596. The first kappa shape index (κ1) is 2.42. The van der Waals surface area contributed by atoms with Gasteiger partial charge in [0.05, 0.1) is 27.0 Å². The molecule has 0 aliphatic carbocycles. The molecule has 4 heteroatoms. The molecule has 1 aromatic heterocycles. The van der Waals surface area contributed by atoms with Crippen molar-refractivity contribution in [3.63, 3.8) is 0 Å². The van der Waals surface area contributed by atoms with Crippen LogP contribution in [0, 0.1) is 0 Å². The molecule has 2 rings (SSSR count). The molecule has 58 valence electrons. The lowest BCUT2D eigenvalue weighted by Gasteiger charge is -2.24. The third-order valence-electron chi connectivity index (χ3n) is 1.11.